The summed E-state index contributed by atoms with van der Waals surface area (Å²) in [4.78, 5) is 14.4. The van der Waals surface area contributed by atoms with E-state index in [4.69, 9.17) is 28.4 Å². The maximum absolute atomic E-state index is 14.4. The Balaban J connectivity index is 0.933. The third kappa shape index (κ3) is 8.24. The summed E-state index contributed by atoms with van der Waals surface area (Å²) in [6.45, 7) is 10.7. The Kier molecular flexibility index (Phi) is 14.6. The lowest BCUT2D eigenvalue weighted by Gasteiger charge is -2.67. The topological polar surface area (TPSA) is 315 Å². The van der Waals surface area contributed by atoms with E-state index in [-0.39, 0.29) is 52.9 Å². The van der Waals surface area contributed by atoms with E-state index < -0.39 is 135 Å². The second-order valence-corrected chi connectivity index (χ2v) is 22.2. The Bertz CT molecular complexity index is 1750. The lowest BCUT2D eigenvalue weighted by molar-refractivity contribution is -0.361. The molecule has 0 spiro atoms. The smallest absolute Gasteiger partial charge is 0.311 e. The molecule has 0 aromatic carbocycles. The Morgan fingerprint density at radius 3 is 2.08 bits per heavy atom. The summed E-state index contributed by atoms with van der Waals surface area (Å²) in [6, 6.07) is 0. The third-order valence-electron chi connectivity index (χ3n) is 18.8. The number of carbonyl (C=O) groups excluding carboxylic acids is 1. The van der Waals surface area contributed by atoms with E-state index in [1.165, 1.54) is 12.5 Å². The van der Waals surface area contributed by atoms with Crippen LogP contribution in [0.15, 0.2) is 11.6 Å². The molecular formula is C47H76O19. The maximum Gasteiger partial charge on any atom is 0.311 e. The molecule has 0 radical (unpaired) electrons. The normalized spacial score (nSPS) is 56.2. The molecular weight excluding hydrogens is 868 g/mol. The van der Waals surface area contributed by atoms with Crippen LogP contribution in [0.4, 0.5) is 0 Å². The van der Waals surface area contributed by atoms with Gasteiger partial charge in [-0.05, 0) is 104 Å². The third-order valence-corrected chi connectivity index (χ3v) is 18.8. The molecule has 66 heavy (non-hydrogen) atoms. The molecule has 4 saturated carbocycles. The number of fused-ring (bicyclic) bond motifs is 7. The molecule has 378 valence electrons. The molecule has 28 atom stereocenters. The molecule has 12 N–H and O–H groups in total. The molecule has 19 nitrogen and oxygen atoms in total. The summed E-state index contributed by atoms with van der Waals surface area (Å²) in [5, 5.41) is 129. The van der Waals surface area contributed by atoms with E-state index in [1.807, 2.05) is 6.92 Å². The van der Waals surface area contributed by atoms with Crippen LogP contribution in [0, 0.1) is 63.6 Å². The molecule has 22 unspecified atom stereocenters. The second-order valence-electron chi connectivity index (χ2n) is 22.2. The quantitative estimate of drug-likeness (QED) is 0.0918. The van der Waals surface area contributed by atoms with Gasteiger partial charge in [0, 0.05) is 5.41 Å². The number of ether oxygens (including phenoxy) is 6. The lowest BCUT2D eigenvalue weighted by atomic mass is 9.38. The van der Waals surface area contributed by atoms with Gasteiger partial charge in [-0.25, -0.2) is 0 Å². The van der Waals surface area contributed by atoms with Gasteiger partial charge in [-0.3, -0.25) is 4.79 Å². The maximum atomic E-state index is 14.4. The van der Waals surface area contributed by atoms with Crippen LogP contribution in [0.25, 0.3) is 0 Å². The predicted molar refractivity (Wildman–Crippen MR) is 227 cm³/mol. The second kappa shape index (κ2) is 18.9. The molecule has 7 fully saturated rings. The number of hydrogen-bond acceptors (Lipinski definition) is 19. The van der Waals surface area contributed by atoms with Crippen molar-refractivity contribution in [3.05, 3.63) is 11.6 Å². The molecule has 0 amide bonds. The Hall–Kier alpha value is -1.47. The van der Waals surface area contributed by atoms with Gasteiger partial charge >= 0.3 is 5.97 Å². The Morgan fingerprint density at radius 1 is 0.742 bits per heavy atom. The van der Waals surface area contributed by atoms with Gasteiger partial charge < -0.3 is 89.7 Å². The highest BCUT2D eigenvalue weighted by Gasteiger charge is 2.66. The zero-order valence-electron chi connectivity index (χ0n) is 38.8. The number of hydrogen-bond donors (Lipinski definition) is 12. The van der Waals surface area contributed by atoms with Gasteiger partial charge in [-0.2, -0.15) is 0 Å². The monoisotopic (exact) mass is 944 g/mol. The van der Waals surface area contributed by atoms with Crippen LogP contribution in [-0.2, 0) is 33.2 Å². The van der Waals surface area contributed by atoms with Crippen molar-refractivity contribution in [2.45, 2.75) is 191 Å². The Labute approximate surface area is 385 Å². The molecule has 0 aromatic rings. The first-order chi connectivity index (χ1) is 31.0. The minimum Gasteiger partial charge on any atom is -0.432 e. The molecule has 8 rings (SSSR count). The molecule has 0 aromatic heterocycles. The van der Waals surface area contributed by atoms with Gasteiger partial charge in [0.2, 0.25) is 6.29 Å². The van der Waals surface area contributed by atoms with Crippen LogP contribution in [0.1, 0.15) is 86.5 Å². The molecule has 3 saturated heterocycles. The molecule has 19 heteroatoms. The van der Waals surface area contributed by atoms with Crippen LogP contribution in [0.3, 0.4) is 0 Å². The summed E-state index contributed by atoms with van der Waals surface area (Å²) in [7, 11) is 0. The largest absolute Gasteiger partial charge is 0.432 e. The van der Waals surface area contributed by atoms with Crippen molar-refractivity contribution < 1.29 is 94.5 Å². The van der Waals surface area contributed by atoms with E-state index in [0.717, 1.165) is 32.1 Å². The van der Waals surface area contributed by atoms with Crippen LogP contribution in [0.2, 0.25) is 0 Å². The summed E-state index contributed by atoms with van der Waals surface area (Å²) < 4.78 is 34.3. The highest BCUT2D eigenvalue weighted by Crippen LogP contribution is 2.70. The number of rotatable bonds is 9. The fraction of sp³-hybridized carbons (Fsp3) is 0.936. The predicted octanol–water partition coefficient (Wildman–Crippen LogP) is -1.57. The van der Waals surface area contributed by atoms with Crippen molar-refractivity contribution in [2.24, 2.45) is 63.6 Å². The highest BCUT2D eigenvalue weighted by molar-refractivity contribution is 5.73. The standard InChI is InChI=1S/C47H76O19/c1-18-13-22(21-11-12-45(4)23-9-10-29-46(5,14-26(50)40(59)47(29,6)17-49)24(23)7-8-25(45)30(21)19(18)2)41(60)66-44-37(57)34(54)32(52)28(64-44)16-61-42-38(58)35(55)39(27(15-48)63-42)65-43-36(56)33(53)31(51)20(3)62-43/h8,18-24,26-40,42-44,48-59H,7,9-17H2,1-6H3/t18?,19?,20?,21?,22?,23?,24?,26?,27?,28?,29?,30?,31-,32+,33?,34?,35?,36-,37-,38-,39-,40?,42?,43?,44?,45?,46?,47?/m0/s1. The first kappa shape index (κ1) is 50.9. The van der Waals surface area contributed by atoms with Crippen molar-refractivity contribution in [2.75, 3.05) is 19.8 Å². The minimum atomic E-state index is -1.85. The van der Waals surface area contributed by atoms with E-state index in [1.54, 1.807) is 0 Å². The minimum absolute atomic E-state index is 0.0458. The van der Waals surface area contributed by atoms with E-state index in [9.17, 15) is 66.1 Å². The number of esters is 1. The number of aliphatic hydroxyl groups is 12. The van der Waals surface area contributed by atoms with Gasteiger partial charge in [0.25, 0.3) is 0 Å². The first-order valence-corrected chi connectivity index (χ1v) is 24.2. The van der Waals surface area contributed by atoms with Crippen molar-refractivity contribution >= 4 is 5.97 Å². The van der Waals surface area contributed by atoms with Gasteiger partial charge in [0.05, 0.1) is 44.1 Å². The van der Waals surface area contributed by atoms with Crippen LogP contribution < -0.4 is 0 Å². The van der Waals surface area contributed by atoms with Crippen LogP contribution in [0.5, 0.6) is 0 Å². The summed E-state index contributed by atoms with van der Waals surface area (Å²) >= 11 is 0. The van der Waals surface area contributed by atoms with Crippen LogP contribution >= 0.6 is 0 Å². The van der Waals surface area contributed by atoms with Crippen LogP contribution in [-0.4, -0.2) is 191 Å². The van der Waals surface area contributed by atoms with Crippen molar-refractivity contribution in [1.29, 1.82) is 0 Å². The zero-order valence-corrected chi connectivity index (χ0v) is 38.8. The fourth-order valence-electron chi connectivity index (χ4n) is 14.7. The summed E-state index contributed by atoms with van der Waals surface area (Å²) in [5.41, 5.74) is 0.0866. The summed E-state index contributed by atoms with van der Waals surface area (Å²) in [5.74, 6) is -0.222. The summed E-state index contributed by atoms with van der Waals surface area (Å²) in [6.07, 6.45) is -18.6. The number of carbonyl (C=O) groups is 1. The molecule has 8 aliphatic rings. The first-order valence-electron chi connectivity index (χ1n) is 24.2. The van der Waals surface area contributed by atoms with Gasteiger partial charge in [0.15, 0.2) is 12.6 Å². The van der Waals surface area contributed by atoms with E-state index in [0.29, 0.717) is 18.8 Å². The molecule has 3 heterocycles. The number of aliphatic hydroxyl groups excluding tert-OH is 12. The highest BCUT2D eigenvalue weighted by atomic mass is 16.8. The molecule has 0 bridgehead atoms. The molecule has 5 aliphatic carbocycles. The van der Waals surface area contributed by atoms with Gasteiger partial charge in [0.1, 0.15) is 67.1 Å². The number of allylic oxidation sites excluding steroid dienone is 2. The zero-order chi connectivity index (χ0) is 48.1. The van der Waals surface area contributed by atoms with Gasteiger partial charge in [-0.1, -0.05) is 46.3 Å². The fourth-order valence-corrected chi connectivity index (χ4v) is 14.7. The SMILES string of the molecule is CC1CC(C(=O)OC2OC(COC3OC(CO)[C@H](OC4OC(C)[C@H](O)C(O)[C@@H]4O)C(O)[C@@H]3O)[C@@H](O)C(O)[C@@H]2O)C2CCC3(C)C(=CCC4C3CCC3C(C)(CO)C(O)C(O)CC43C)C2C1C. The van der Waals surface area contributed by atoms with E-state index >= 15 is 0 Å². The Morgan fingerprint density at radius 2 is 1.39 bits per heavy atom. The lowest BCUT2D eigenvalue weighted by Crippen LogP contribution is -2.65. The van der Waals surface area contributed by atoms with Gasteiger partial charge in [-0.15, -0.1) is 0 Å². The average Bonchev–Trinajstić information content (AvgIpc) is 3.29. The van der Waals surface area contributed by atoms with Crippen molar-refractivity contribution in [3.8, 4) is 0 Å². The molecule has 3 aliphatic heterocycles. The van der Waals surface area contributed by atoms with Crippen molar-refractivity contribution in [3.63, 3.8) is 0 Å². The van der Waals surface area contributed by atoms with E-state index in [2.05, 4.69) is 33.8 Å². The average molecular weight is 945 g/mol. The van der Waals surface area contributed by atoms with Crippen molar-refractivity contribution in [1.82, 2.24) is 0 Å².